The molecule has 0 aromatic carbocycles. The van der Waals surface area contributed by atoms with Gasteiger partial charge in [-0.05, 0) is 18.8 Å². The zero-order valence-electron chi connectivity index (χ0n) is 10.2. The van der Waals surface area contributed by atoms with E-state index in [9.17, 15) is 18.0 Å². The Bertz CT molecular complexity index is 689. The van der Waals surface area contributed by atoms with Crippen LogP contribution in [0.2, 0.25) is 0 Å². The van der Waals surface area contributed by atoms with Gasteiger partial charge in [-0.25, -0.2) is 14.3 Å². The first-order chi connectivity index (χ1) is 9.38. The Morgan fingerprint density at radius 2 is 2.10 bits per heavy atom. The van der Waals surface area contributed by atoms with Crippen LogP contribution in [0.25, 0.3) is 5.65 Å². The van der Waals surface area contributed by atoms with Crippen molar-refractivity contribution in [2.24, 2.45) is 0 Å². The van der Waals surface area contributed by atoms with Crippen molar-refractivity contribution in [3.05, 3.63) is 29.2 Å². The van der Waals surface area contributed by atoms with Gasteiger partial charge in [-0.1, -0.05) is 6.42 Å². The number of carbonyl (C=O) groups is 1. The van der Waals surface area contributed by atoms with Gasteiger partial charge < -0.3 is 5.11 Å². The van der Waals surface area contributed by atoms with Crippen LogP contribution in [0.15, 0.2) is 12.4 Å². The van der Waals surface area contributed by atoms with Crippen LogP contribution in [0.3, 0.4) is 0 Å². The summed E-state index contributed by atoms with van der Waals surface area (Å²) >= 11 is 0. The van der Waals surface area contributed by atoms with Crippen molar-refractivity contribution in [2.75, 3.05) is 0 Å². The maximum Gasteiger partial charge on any atom is 0.419 e. The Kier molecular flexibility index (Phi) is 2.70. The standard InChI is InChI=1S/C12H10F3N3O2/c13-12(14,15)7-4-16-10-8(6-2-1-3-6)9(11(19)20)17-18(10)5-7/h4-6H,1-3H2,(H,19,20). The Balaban J connectivity index is 2.20. The molecule has 1 aliphatic carbocycles. The van der Waals surface area contributed by atoms with E-state index in [1.807, 2.05) is 0 Å². The topological polar surface area (TPSA) is 67.5 Å². The van der Waals surface area contributed by atoms with Crippen LogP contribution in [0, 0.1) is 0 Å². The summed E-state index contributed by atoms with van der Waals surface area (Å²) in [7, 11) is 0. The first-order valence-electron chi connectivity index (χ1n) is 6.06. The van der Waals surface area contributed by atoms with Gasteiger partial charge in [0.05, 0.1) is 5.56 Å². The van der Waals surface area contributed by atoms with Crippen LogP contribution in [0.4, 0.5) is 13.2 Å². The Morgan fingerprint density at radius 3 is 2.60 bits per heavy atom. The van der Waals surface area contributed by atoms with Crippen LogP contribution < -0.4 is 0 Å². The molecule has 5 nitrogen and oxygen atoms in total. The molecule has 2 aromatic heterocycles. The third-order valence-electron chi connectivity index (χ3n) is 3.55. The molecule has 2 aromatic rings. The van der Waals surface area contributed by atoms with Crippen LogP contribution in [0.5, 0.6) is 0 Å². The lowest BCUT2D eigenvalue weighted by molar-refractivity contribution is -0.138. The van der Waals surface area contributed by atoms with Gasteiger partial charge in [-0.2, -0.15) is 18.3 Å². The summed E-state index contributed by atoms with van der Waals surface area (Å²) in [4.78, 5) is 15.0. The number of hydrogen-bond donors (Lipinski definition) is 1. The highest BCUT2D eigenvalue weighted by Crippen LogP contribution is 2.40. The third-order valence-corrected chi connectivity index (χ3v) is 3.55. The zero-order valence-corrected chi connectivity index (χ0v) is 10.2. The average Bonchev–Trinajstić information content (AvgIpc) is 2.65. The second kappa shape index (κ2) is 4.19. The van der Waals surface area contributed by atoms with Crippen molar-refractivity contribution in [3.63, 3.8) is 0 Å². The van der Waals surface area contributed by atoms with Gasteiger partial charge in [-0.15, -0.1) is 0 Å². The maximum absolute atomic E-state index is 12.6. The van der Waals surface area contributed by atoms with E-state index in [1.54, 1.807) is 0 Å². The highest BCUT2D eigenvalue weighted by Gasteiger charge is 2.34. The molecule has 0 amide bonds. The fraction of sp³-hybridized carbons (Fsp3) is 0.417. The van der Waals surface area contributed by atoms with Gasteiger partial charge in [0.2, 0.25) is 0 Å². The summed E-state index contributed by atoms with van der Waals surface area (Å²) < 4.78 is 38.8. The van der Waals surface area contributed by atoms with E-state index in [2.05, 4.69) is 10.1 Å². The van der Waals surface area contributed by atoms with Gasteiger partial charge in [0.1, 0.15) is 0 Å². The van der Waals surface area contributed by atoms with Crippen molar-refractivity contribution in [1.29, 1.82) is 0 Å². The lowest BCUT2D eigenvalue weighted by Gasteiger charge is -2.24. The number of alkyl halides is 3. The summed E-state index contributed by atoms with van der Waals surface area (Å²) in [5.41, 5.74) is -0.524. The van der Waals surface area contributed by atoms with E-state index in [-0.39, 0.29) is 17.3 Å². The second-order valence-electron chi connectivity index (χ2n) is 4.80. The summed E-state index contributed by atoms with van der Waals surface area (Å²) in [5.74, 6) is -1.23. The molecule has 20 heavy (non-hydrogen) atoms. The lowest BCUT2D eigenvalue weighted by Crippen LogP contribution is -2.13. The molecule has 0 aliphatic heterocycles. The van der Waals surface area contributed by atoms with Crippen LogP contribution in [-0.4, -0.2) is 25.7 Å². The van der Waals surface area contributed by atoms with E-state index >= 15 is 0 Å². The predicted molar refractivity (Wildman–Crippen MR) is 61.5 cm³/mol. The number of carboxylic acids is 1. The van der Waals surface area contributed by atoms with Gasteiger partial charge in [0.25, 0.3) is 0 Å². The smallest absolute Gasteiger partial charge is 0.419 e. The van der Waals surface area contributed by atoms with E-state index in [0.717, 1.165) is 30.0 Å². The molecule has 1 N–H and O–H groups in total. The summed E-state index contributed by atoms with van der Waals surface area (Å²) in [6, 6.07) is 0. The predicted octanol–water partition coefficient (Wildman–Crippen LogP) is 2.71. The zero-order chi connectivity index (χ0) is 14.5. The number of hydrogen-bond acceptors (Lipinski definition) is 3. The number of aromatic carboxylic acids is 1. The van der Waals surface area contributed by atoms with Gasteiger partial charge >= 0.3 is 12.1 Å². The molecule has 1 fully saturated rings. The number of rotatable bonds is 2. The first kappa shape index (κ1) is 12.9. The molecule has 106 valence electrons. The fourth-order valence-electron chi connectivity index (χ4n) is 2.33. The van der Waals surface area contributed by atoms with Crippen molar-refractivity contribution in [3.8, 4) is 0 Å². The van der Waals surface area contributed by atoms with E-state index < -0.39 is 17.7 Å². The summed E-state index contributed by atoms with van der Waals surface area (Å²) in [6.45, 7) is 0. The van der Waals surface area contributed by atoms with Gasteiger partial charge in [-0.3, -0.25) is 0 Å². The minimum Gasteiger partial charge on any atom is -0.476 e. The van der Waals surface area contributed by atoms with Crippen LogP contribution in [-0.2, 0) is 6.18 Å². The Labute approximate surface area is 111 Å². The minimum absolute atomic E-state index is 0.0165. The monoisotopic (exact) mass is 285 g/mol. The number of carboxylic acid groups (broad SMARTS) is 1. The lowest BCUT2D eigenvalue weighted by atomic mass is 9.80. The van der Waals surface area contributed by atoms with Crippen LogP contribution in [0.1, 0.15) is 46.8 Å². The number of fused-ring (bicyclic) bond motifs is 1. The molecule has 0 bridgehead atoms. The molecule has 1 saturated carbocycles. The highest BCUT2D eigenvalue weighted by molar-refractivity contribution is 5.89. The fourth-order valence-corrected chi connectivity index (χ4v) is 2.33. The van der Waals surface area contributed by atoms with E-state index in [4.69, 9.17) is 5.11 Å². The normalized spacial score (nSPS) is 16.4. The molecule has 2 heterocycles. The molecule has 0 spiro atoms. The van der Waals surface area contributed by atoms with Crippen molar-refractivity contribution >= 4 is 11.6 Å². The molecular formula is C12H10F3N3O2. The SMILES string of the molecule is O=C(O)c1nn2cc(C(F)(F)F)cnc2c1C1CCC1. The summed E-state index contributed by atoms with van der Waals surface area (Å²) in [5, 5.41) is 12.9. The number of nitrogens with zero attached hydrogens (tertiary/aromatic N) is 3. The molecule has 0 unspecified atom stereocenters. The summed E-state index contributed by atoms with van der Waals surface area (Å²) in [6.07, 6.45) is -0.453. The molecule has 0 radical (unpaired) electrons. The number of aromatic nitrogens is 3. The molecule has 0 saturated heterocycles. The van der Waals surface area contributed by atoms with E-state index in [1.165, 1.54) is 0 Å². The third kappa shape index (κ3) is 1.91. The number of halogens is 3. The van der Waals surface area contributed by atoms with Crippen molar-refractivity contribution < 1.29 is 23.1 Å². The first-order valence-corrected chi connectivity index (χ1v) is 6.06. The van der Waals surface area contributed by atoms with Crippen molar-refractivity contribution in [1.82, 2.24) is 14.6 Å². The van der Waals surface area contributed by atoms with Gasteiger partial charge in [0, 0.05) is 18.0 Å². The second-order valence-corrected chi connectivity index (χ2v) is 4.80. The average molecular weight is 285 g/mol. The molecule has 3 rings (SSSR count). The molecular weight excluding hydrogens is 275 g/mol. The highest BCUT2D eigenvalue weighted by atomic mass is 19.4. The van der Waals surface area contributed by atoms with Crippen molar-refractivity contribution in [2.45, 2.75) is 31.4 Å². The quantitative estimate of drug-likeness (QED) is 0.921. The largest absolute Gasteiger partial charge is 0.476 e. The molecule has 8 heteroatoms. The minimum atomic E-state index is -4.53. The van der Waals surface area contributed by atoms with Gasteiger partial charge in [0.15, 0.2) is 11.3 Å². The maximum atomic E-state index is 12.6. The Hall–Kier alpha value is -2.12. The van der Waals surface area contributed by atoms with Crippen LogP contribution >= 0.6 is 0 Å². The van der Waals surface area contributed by atoms with E-state index in [0.29, 0.717) is 11.8 Å². The molecule has 1 aliphatic rings. The Morgan fingerprint density at radius 1 is 1.40 bits per heavy atom. The molecule has 0 atom stereocenters.